The van der Waals surface area contributed by atoms with E-state index in [-0.39, 0.29) is 30.7 Å². The highest BCUT2D eigenvalue weighted by Crippen LogP contribution is 2.03. The van der Waals surface area contributed by atoms with E-state index in [4.69, 9.17) is 5.73 Å². The molecule has 1 aliphatic rings. The van der Waals surface area contributed by atoms with Gasteiger partial charge in [-0.15, -0.1) is 24.8 Å². The molecule has 4 nitrogen and oxygen atoms in total. The maximum absolute atomic E-state index is 10.4. The third-order valence-corrected chi connectivity index (χ3v) is 1.44. The lowest BCUT2D eigenvalue weighted by molar-refractivity contribution is -0.118. The van der Waals surface area contributed by atoms with Crippen molar-refractivity contribution in [2.75, 3.05) is 13.1 Å². The molecule has 0 aromatic heterocycles. The van der Waals surface area contributed by atoms with Gasteiger partial charge in [-0.05, 0) is 0 Å². The Hall–Kier alpha value is -0.480. The number of nitrogens with two attached hydrogens (primary N) is 1. The predicted molar refractivity (Wildman–Crippen MR) is 53.2 cm³/mol. The van der Waals surface area contributed by atoms with Crippen LogP contribution in [0.25, 0.3) is 0 Å². The minimum absolute atomic E-state index is 0. The van der Waals surface area contributed by atoms with E-state index in [0.29, 0.717) is 12.3 Å². The average Bonchev–Trinajstić information content (AvgIpc) is 1.88. The van der Waals surface area contributed by atoms with Crippen LogP contribution in [0.15, 0.2) is 4.99 Å². The molecule has 1 unspecified atom stereocenters. The summed E-state index contributed by atoms with van der Waals surface area (Å²) in [5, 5.41) is 2.94. The Morgan fingerprint density at radius 1 is 1.67 bits per heavy atom. The molecule has 12 heavy (non-hydrogen) atoms. The molecule has 1 heterocycles. The van der Waals surface area contributed by atoms with Crippen LogP contribution in [0.1, 0.15) is 6.42 Å². The fourth-order valence-corrected chi connectivity index (χ4v) is 0.971. The van der Waals surface area contributed by atoms with E-state index in [1.807, 2.05) is 0 Å². The minimum Gasteiger partial charge on any atom is -0.376 e. The second kappa shape index (κ2) is 7.18. The maximum atomic E-state index is 10.4. The Kier molecular flexibility index (Phi) is 8.42. The van der Waals surface area contributed by atoms with Gasteiger partial charge in [-0.1, -0.05) is 0 Å². The third kappa shape index (κ3) is 5.21. The van der Waals surface area contributed by atoms with Crippen LogP contribution < -0.4 is 11.1 Å². The molecule has 1 rings (SSSR count). The Balaban J connectivity index is 0. The van der Waals surface area contributed by atoms with E-state index < -0.39 is 0 Å². The van der Waals surface area contributed by atoms with E-state index in [2.05, 4.69) is 10.3 Å². The molecule has 0 spiro atoms. The first kappa shape index (κ1) is 14.1. The molecule has 0 aromatic rings. The van der Waals surface area contributed by atoms with Crippen molar-refractivity contribution in [3.05, 3.63) is 0 Å². The Morgan fingerprint density at radius 3 is 2.75 bits per heavy atom. The first-order chi connectivity index (χ1) is 4.79. The van der Waals surface area contributed by atoms with Gasteiger partial charge in [0, 0.05) is 25.4 Å². The number of amides is 1. The van der Waals surface area contributed by atoms with Crippen molar-refractivity contribution in [1.82, 2.24) is 5.32 Å². The van der Waals surface area contributed by atoms with E-state index in [0.717, 1.165) is 13.1 Å². The zero-order chi connectivity index (χ0) is 7.40. The zero-order valence-corrected chi connectivity index (χ0v) is 8.16. The normalized spacial score (nSPS) is 19.8. The van der Waals surface area contributed by atoms with E-state index in [9.17, 15) is 4.79 Å². The van der Waals surface area contributed by atoms with Crippen LogP contribution in [0.2, 0.25) is 0 Å². The summed E-state index contributed by atoms with van der Waals surface area (Å²) in [4.78, 5) is 14.4. The quantitative estimate of drug-likeness (QED) is 0.676. The number of rotatable bonds is 2. The number of hydrogen-bond donors (Lipinski definition) is 2. The molecule has 1 aliphatic heterocycles. The summed E-state index contributed by atoms with van der Waals surface area (Å²) in [5.74, 6) is 0.0476. The Morgan fingerprint density at radius 2 is 2.33 bits per heavy atom. The first-order valence-electron chi connectivity index (χ1n) is 3.29. The molecule has 0 saturated heterocycles. The highest BCUT2D eigenvalue weighted by molar-refractivity contribution is 5.85. The van der Waals surface area contributed by atoms with Crippen molar-refractivity contribution in [2.45, 2.75) is 6.42 Å². The molecule has 1 amide bonds. The largest absolute Gasteiger partial charge is 0.376 e. The molecule has 72 valence electrons. The number of carbonyl (C=O) groups is 1. The Bertz CT molecular complexity index is 163. The number of hydrogen-bond acceptors (Lipinski definition) is 3. The summed E-state index contributed by atoms with van der Waals surface area (Å²) >= 11 is 0. The molecule has 0 aromatic carbocycles. The fourth-order valence-electron chi connectivity index (χ4n) is 0.971. The summed E-state index contributed by atoms with van der Waals surface area (Å²) in [6.07, 6.45) is 2.10. The van der Waals surface area contributed by atoms with Gasteiger partial charge in [0.15, 0.2) is 0 Å². The van der Waals surface area contributed by atoms with Crippen molar-refractivity contribution in [2.24, 2.45) is 16.6 Å². The summed E-state index contributed by atoms with van der Waals surface area (Å²) in [6, 6.07) is 0. The van der Waals surface area contributed by atoms with Gasteiger partial charge in [-0.2, -0.15) is 0 Å². The highest BCUT2D eigenvalue weighted by atomic mass is 35.5. The third-order valence-electron chi connectivity index (χ3n) is 1.44. The van der Waals surface area contributed by atoms with Crippen molar-refractivity contribution >= 4 is 37.1 Å². The van der Waals surface area contributed by atoms with E-state index in [1.165, 1.54) is 0 Å². The van der Waals surface area contributed by atoms with Crippen molar-refractivity contribution in [3.8, 4) is 0 Å². The second-order valence-electron chi connectivity index (χ2n) is 2.44. The standard InChI is InChI=1S/C6H11N3O.2ClH/c7-6(10)1-5-2-8-4-9-3-5;;/h4-5H,1-3H2,(H2,7,10)(H,8,9);2*1H. The van der Waals surface area contributed by atoms with Gasteiger partial charge in [0.05, 0.1) is 6.34 Å². The average molecular weight is 214 g/mol. The van der Waals surface area contributed by atoms with E-state index in [1.54, 1.807) is 6.34 Å². The topological polar surface area (TPSA) is 67.5 Å². The molecule has 6 heteroatoms. The molecule has 0 saturated carbocycles. The van der Waals surface area contributed by atoms with Gasteiger partial charge in [-0.3, -0.25) is 9.79 Å². The number of primary amides is 1. The lowest BCUT2D eigenvalue weighted by Gasteiger charge is -2.15. The first-order valence-corrected chi connectivity index (χ1v) is 3.29. The van der Waals surface area contributed by atoms with Crippen molar-refractivity contribution in [3.63, 3.8) is 0 Å². The van der Waals surface area contributed by atoms with Crippen LogP contribution in [-0.2, 0) is 4.79 Å². The smallest absolute Gasteiger partial charge is 0.217 e. The highest BCUT2D eigenvalue weighted by Gasteiger charge is 2.12. The van der Waals surface area contributed by atoms with Crippen LogP contribution in [0.5, 0.6) is 0 Å². The minimum atomic E-state index is -0.246. The number of halogens is 2. The maximum Gasteiger partial charge on any atom is 0.217 e. The predicted octanol–water partition coefficient (Wildman–Crippen LogP) is -0.0469. The van der Waals surface area contributed by atoms with Gasteiger partial charge in [0.2, 0.25) is 5.91 Å². The van der Waals surface area contributed by atoms with Crippen LogP contribution in [-0.4, -0.2) is 25.3 Å². The molecular formula is C6H13Cl2N3O. The van der Waals surface area contributed by atoms with Crippen LogP contribution in [0.4, 0.5) is 0 Å². The van der Waals surface area contributed by atoms with Gasteiger partial charge in [0.1, 0.15) is 0 Å². The number of nitrogens with zero attached hydrogens (tertiary/aromatic N) is 1. The number of carbonyl (C=O) groups excluding carboxylic acids is 1. The lowest BCUT2D eigenvalue weighted by Crippen LogP contribution is -2.31. The summed E-state index contributed by atoms with van der Waals surface area (Å²) in [6.45, 7) is 1.53. The van der Waals surface area contributed by atoms with Gasteiger partial charge in [-0.25, -0.2) is 0 Å². The summed E-state index contributed by atoms with van der Waals surface area (Å²) in [5.41, 5.74) is 5.00. The lowest BCUT2D eigenvalue weighted by atomic mass is 10.1. The van der Waals surface area contributed by atoms with Gasteiger partial charge < -0.3 is 11.1 Å². The fraction of sp³-hybridized carbons (Fsp3) is 0.667. The van der Waals surface area contributed by atoms with Crippen molar-refractivity contribution in [1.29, 1.82) is 0 Å². The Labute approximate surface area is 83.8 Å². The second-order valence-corrected chi connectivity index (χ2v) is 2.44. The summed E-state index contributed by atoms with van der Waals surface area (Å²) in [7, 11) is 0. The van der Waals surface area contributed by atoms with Crippen LogP contribution in [0, 0.1) is 5.92 Å². The molecule has 0 bridgehead atoms. The number of aliphatic imine (C=N–C) groups is 1. The molecule has 3 N–H and O–H groups in total. The number of nitrogens with one attached hydrogen (secondary N) is 1. The molecular weight excluding hydrogens is 201 g/mol. The van der Waals surface area contributed by atoms with E-state index >= 15 is 0 Å². The monoisotopic (exact) mass is 213 g/mol. The molecule has 1 atom stereocenters. The zero-order valence-electron chi connectivity index (χ0n) is 6.53. The van der Waals surface area contributed by atoms with Crippen LogP contribution >= 0.6 is 24.8 Å². The SMILES string of the molecule is Cl.Cl.NC(=O)CC1CN=CNC1. The molecule has 0 fully saturated rings. The molecule has 0 aliphatic carbocycles. The van der Waals surface area contributed by atoms with Gasteiger partial charge >= 0.3 is 0 Å². The van der Waals surface area contributed by atoms with Crippen molar-refractivity contribution < 1.29 is 4.79 Å². The summed E-state index contributed by atoms with van der Waals surface area (Å²) < 4.78 is 0. The van der Waals surface area contributed by atoms with Gasteiger partial charge in [0.25, 0.3) is 0 Å². The van der Waals surface area contributed by atoms with Crippen LogP contribution in [0.3, 0.4) is 0 Å². The molecule has 0 radical (unpaired) electrons.